The normalized spacial score (nSPS) is 21.7. The minimum Gasteiger partial charge on any atom is -0.493 e. The number of hydrogen-bond donors (Lipinski definition) is 1. The molecule has 6 heteroatoms. The van der Waals surface area contributed by atoms with Crippen molar-refractivity contribution in [2.24, 2.45) is 0 Å². The molecule has 0 aromatic heterocycles. The minimum absolute atomic E-state index is 0.0572. The summed E-state index contributed by atoms with van der Waals surface area (Å²) in [5.74, 6) is 0.484. The molecule has 1 N–H and O–H groups in total. The van der Waals surface area contributed by atoms with Gasteiger partial charge in [-0.05, 0) is 31.0 Å². The molecule has 2 heterocycles. The molecule has 1 aromatic carbocycles. The third-order valence-corrected chi connectivity index (χ3v) is 4.11. The maximum atomic E-state index is 13.5. The van der Waals surface area contributed by atoms with Gasteiger partial charge in [0.15, 0.2) is 0 Å². The molecule has 5 nitrogen and oxygen atoms in total. The fourth-order valence-electron chi connectivity index (χ4n) is 2.90. The van der Waals surface area contributed by atoms with Gasteiger partial charge in [0.1, 0.15) is 11.6 Å². The van der Waals surface area contributed by atoms with E-state index in [-0.39, 0.29) is 24.3 Å². The Labute approximate surface area is 129 Å². The quantitative estimate of drug-likeness (QED) is 0.919. The Kier molecular flexibility index (Phi) is 4.90. The highest BCUT2D eigenvalue weighted by Gasteiger charge is 2.22. The Morgan fingerprint density at radius 1 is 1.32 bits per heavy atom. The van der Waals surface area contributed by atoms with E-state index in [0.717, 1.165) is 18.4 Å². The second-order valence-electron chi connectivity index (χ2n) is 5.60. The van der Waals surface area contributed by atoms with Crippen LogP contribution in [0.15, 0.2) is 18.2 Å². The Morgan fingerprint density at radius 2 is 2.14 bits per heavy atom. The van der Waals surface area contributed by atoms with Crippen molar-refractivity contribution in [2.75, 3.05) is 39.5 Å². The number of morpholine rings is 1. The van der Waals surface area contributed by atoms with E-state index >= 15 is 0 Å². The van der Waals surface area contributed by atoms with Crippen LogP contribution in [0.2, 0.25) is 0 Å². The Morgan fingerprint density at radius 3 is 2.95 bits per heavy atom. The zero-order valence-electron chi connectivity index (χ0n) is 12.5. The fourth-order valence-corrected chi connectivity index (χ4v) is 2.90. The lowest BCUT2D eigenvalue weighted by Crippen LogP contribution is -2.45. The molecule has 0 radical (unpaired) electrons. The van der Waals surface area contributed by atoms with Gasteiger partial charge in [-0.3, -0.25) is 4.79 Å². The standard InChI is InChI=1S/C16H21FN2O3/c17-12-3-4-15-13(10-12)14(2-1-7-22-15)18-11-16(20)19-5-8-21-9-6-19/h3-4,10,14,18H,1-2,5-9,11H2/t14-/m0/s1. The van der Waals surface area contributed by atoms with Crippen LogP contribution >= 0.6 is 0 Å². The Bertz CT molecular complexity index is 532. The monoisotopic (exact) mass is 308 g/mol. The minimum atomic E-state index is -0.282. The number of nitrogens with one attached hydrogen (secondary N) is 1. The fraction of sp³-hybridized carbons (Fsp3) is 0.562. The molecule has 3 rings (SSSR count). The third-order valence-electron chi connectivity index (χ3n) is 4.11. The van der Waals surface area contributed by atoms with E-state index in [2.05, 4.69) is 5.32 Å². The lowest BCUT2D eigenvalue weighted by atomic mass is 10.0. The lowest BCUT2D eigenvalue weighted by molar-refractivity contribution is -0.134. The largest absolute Gasteiger partial charge is 0.493 e. The van der Waals surface area contributed by atoms with Crippen LogP contribution in [0.5, 0.6) is 5.75 Å². The molecule has 1 fully saturated rings. The average molecular weight is 308 g/mol. The molecular formula is C16H21FN2O3. The van der Waals surface area contributed by atoms with E-state index in [4.69, 9.17) is 9.47 Å². The van der Waals surface area contributed by atoms with Crippen LogP contribution in [0.3, 0.4) is 0 Å². The molecule has 2 aliphatic rings. The molecule has 0 unspecified atom stereocenters. The van der Waals surface area contributed by atoms with E-state index in [1.165, 1.54) is 12.1 Å². The molecule has 0 bridgehead atoms. The Hall–Kier alpha value is -1.66. The van der Waals surface area contributed by atoms with Crippen LogP contribution in [0, 0.1) is 5.82 Å². The van der Waals surface area contributed by atoms with Crippen LogP contribution in [0.4, 0.5) is 4.39 Å². The highest BCUT2D eigenvalue weighted by molar-refractivity contribution is 5.78. The number of fused-ring (bicyclic) bond motifs is 1. The van der Waals surface area contributed by atoms with Crippen LogP contribution in [-0.4, -0.2) is 50.3 Å². The summed E-state index contributed by atoms with van der Waals surface area (Å²) in [4.78, 5) is 14.0. The molecular weight excluding hydrogens is 287 g/mol. The summed E-state index contributed by atoms with van der Waals surface area (Å²) in [6.07, 6.45) is 1.70. The molecule has 1 aromatic rings. The van der Waals surface area contributed by atoms with Gasteiger partial charge in [0.25, 0.3) is 0 Å². The van der Waals surface area contributed by atoms with E-state index in [1.807, 2.05) is 0 Å². The van der Waals surface area contributed by atoms with Crippen molar-refractivity contribution in [3.63, 3.8) is 0 Å². The molecule has 1 atom stereocenters. The predicted molar refractivity (Wildman–Crippen MR) is 79.3 cm³/mol. The molecule has 120 valence electrons. The van der Waals surface area contributed by atoms with Crippen LogP contribution < -0.4 is 10.1 Å². The van der Waals surface area contributed by atoms with Crippen LogP contribution in [0.1, 0.15) is 24.4 Å². The smallest absolute Gasteiger partial charge is 0.236 e. The van der Waals surface area contributed by atoms with Crippen molar-refractivity contribution in [3.05, 3.63) is 29.6 Å². The van der Waals surface area contributed by atoms with Gasteiger partial charge in [-0.15, -0.1) is 0 Å². The summed E-state index contributed by atoms with van der Waals surface area (Å²) in [5.41, 5.74) is 0.798. The van der Waals surface area contributed by atoms with E-state index in [1.54, 1.807) is 11.0 Å². The molecule has 1 amide bonds. The molecule has 1 saturated heterocycles. The van der Waals surface area contributed by atoms with Gasteiger partial charge in [0.05, 0.1) is 26.4 Å². The SMILES string of the molecule is O=C(CN[C@H]1CCCOc2ccc(F)cc21)N1CCOCC1. The number of hydrogen-bond acceptors (Lipinski definition) is 4. The summed E-state index contributed by atoms with van der Waals surface area (Å²) >= 11 is 0. The summed E-state index contributed by atoms with van der Waals surface area (Å²) in [6.45, 7) is 3.34. The first-order chi connectivity index (χ1) is 10.7. The van der Waals surface area contributed by atoms with Crippen molar-refractivity contribution in [2.45, 2.75) is 18.9 Å². The maximum Gasteiger partial charge on any atom is 0.236 e. The van der Waals surface area contributed by atoms with E-state index < -0.39 is 0 Å². The van der Waals surface area contributed by atoms with Gasteiger partial charge in [0.2, 0.25) is 5.91 Å². The van der Waals surface area contributed by atoms with Crippen molar-refractivity contribution < 1.29 is 18.7 Å². The summed E-state index contributed by atoms with van der Waals surface area (Å²) < 4.78 is 24.4. The molecule has 0 spiro atoms. The highest BCUT2D eigenvalue weighted by Crippen LogP contribution is 2.31. The molecule has 0 saturated carbocycles. The van der Waals surface area contributed by atoms with Gasteiger partial charge in [0, 0.05) is 24.7 Å². The van der Waals surface area contributed by atoms with E-state index in [0.29, 0.717) is 38.7 Å². The number of amides is 1. The topological polar surface area (TPSA) is 50.8 Å². The lowest BCUT2D eigenvalue weighted by Gasteiger charge is -2.28. The number of halogens is 1. The first-order valence-corrected chi connectivity index (χ1v) is 7.75. The van der Waals surface area contributed by atoms with Gasteiger partial charge in [-0.2, -0.15) is 0 Å². The zero-order chi connectivity index (χ0) is 15.4. The number of rotatable bonds is 3. The number of nitrogens with zero attached hydrogens (tertiary/aromatic N) is 1. The van der Waals surface area contributed by atoms with Crippen molar-refractivity contribution in [1.82, 2.24) is 10.2 Å². The second-order valence-corrected chi connectivity index (χ2v) is 5.60. The van der Waals surface area contributed by atoms with E-state index in [9.17, 15) is 9.18 Å². The predicted octanol–water partition coefficient (Wildman–Crippen LogP) is 1.49. The van der Waals surface area contributed by atoms with Crippen molar-refractivity contribution in [1.29, 1.82) is 0 Å². The summed E-state index contributed by atoms with van der Waals surface area (Å²) in [5, 5.41) is 3.26. The average Bonchev–Trinajstić information content (AvgIpc) is 2.75. The number of carbonyl (C=O) groups excluding carboxylic acids is 1. The maximum absolute atomic E-state index is 13.5. The van der Waals surface area contributed by atoms with Gasteiger partial charge in [-0.25, -0.2) is 4.39 Å². The molecule has 22 heavy (non-hydrogen) atoms. The molecule has 0 aliphatic carbocycles. The zero-order valence-corrected chi connectivity index (χ0v) is 12.5. The number of ether oxygens (including phenoxy) is 2. The van der Waals surface area contributed by atoms with Crippen molar-refractivity contribution >= 4 is 5.91 Å². The first-order valence-electron chi connectivity index (χ1n) is 7.75. The summed E-state index contributed by atoms with van der Waals surface area (Å²) in [7, 11) is 0. The second kappa shape index (κ2) is 7.07. The number of carbonyl (C=O) groups is 1. The van der Waals surface area contributed by atoms with Crippen molar-refractivity contribution in [3.8, 4) is 5.75 Å². The summed E-state index contributed by atoms with van der Waals surface area (Å²) in [6, 6.07) is 4.50. The van der Waals surface area contributed by atoms with Gasteiger partial charge >= 0.3 is 0 Å². The highest BCUT2D eigenvalue weighted by atomic mass is 19.1. The molecule has 2 aliphatic heterocycles. The number of benzene rings is 1. The Balaban J connectivity index is 1.64. The van der Waals surface area contributed by atoms with Gasteiger partial charge < -0.3 is 19.7 Å². The first kappa shape index (κ1) is 15.2. The van der Waals surface area contributed by atoms with Crippen LogP contribution in [0.25, 0.3) is 0 Å². The van der Waals surface area contributed by atoms with Gasteiger partial charge in [-0.1, -0.05) is 0 Å². The van der Waals surface area contributed by atoms with Crippen LogP contribution in [-0.2, 0) is 9.53 Å². The third kappa shape index (κ3) is 3.56.